The number of hydrogen-bond donors (Lipinski definition) is 2. The van der Waals surface area contributed by atoms with Crippen molar-refractivity contribution >= 4 is 0 Å². The second-order valence-corrected chi connectivity index (χ2v) is 10.8. The Labute approximate surface area is 212 Å². The number of likely N-dealkylation sites (N-methyl/N-ethyl adjacent to an activating group) is 1. The third-order valence-electron chi connectivity index (χ3n) is 7.70. The second kappa shape index (κ2) is 13.0. The Balaban J connectivity index is 1.71. The molecular formula is C30H45NO4. The smallest absolute Gasteiger partial charge is 0.102 e. The van der Waals surface area contributed by atoms with Crippen LogP contribution in [0.5, 0.6) is 0 Å². The van der Waals surface area contributed by atoms with Gasteiger partial charge in [0.2, 0.25) is 0 Å². The van der Waals surface area contributed by atoms with E-state index in [1.807, 2.05) is 50.4 Å². The standard InChI is InChI=1S/C30H45NO4/c1-6-7-18-29(2,3)30(4,32)22-35-28-26(34-21-24-16-12-9-13-17-24)19-25(27(28)31-5)33-20-23-14-10-8-11-15-23/h8-17,25-28,31-32H,6-7,18-22H2,1-5H3/t25-,26+,27+,28+,30?/m1/s1. The average molecular weight is 484 g/mol. The van der Waals surface area contributed by atoms with Crippen LogP contribution < -0.4 is 5.32 Å². The van der Waals surface area contributed by atoms with Crippen molar-refractivity contribution in [3.8, 4) is 0 Å². The molecule has 194 valence electrons. The van der Waals surface area contributed by atoms with Crippen LogP contribution in [0.25, 0.3) is 0 Å². The zero-order valence-corrected chi connectivity index (χ0v) is 22.2. The molecule has 0 amide bonds. The Morgan fingerprint density at radius 2 is 1.40 bits per heavy atom. The molecule has 5 nitrogen and oxygen atoms in total. The molecule has 2 aromatic rings. The molecule has 0 bridgehead atoms. The van der Waals surface area contributed by atoms with Crippen molar-refractivity contribution in [2.75, 3.05) is 13.7 Å². The fourth-order valence-electron chi connectivity index (χ4n) is 4.75. The Bertz CT molecular complexity index is 855. The topological polar surface area (TPSA) is 60.0 Å². The van der Waals surface area contributed by atoms with Crippen LogP contribution in [-0.4, -0.2) is 48.7 Å². The molecule has 0 saturated heterocycles. The van der Waals surface area contributed by atoms with E-state index in [4.69, 9.17) is 14.2 Å². The predicted molar refractivity (Wildman–Crippen MR) is 141 cm³/mol. The fraction of sp³-hybridized carbons (Fsp3) is 0.600. The average Bonchev–Trinajstić information content (AvgIpc) is 3.21. The van der Waals surface area contributed by atoms with Crippen LogP contribution in [0.1, 0.15) is 64.5 Å². The molecule has 1 unspecified atom stereocenters. The zero-order valence-electron chi connectivity index (χ0n) is 22.2. The van der Waals surface area contributed by atoms with Gasteiger partial charge in [0.15, 0.2) is 0 Å². The number of aliphatic hydroxyl groups is 1. The number of ether oxygens (including phenoxy) is 3. The van der Waals surface area contributed by atoms with E-state index in [9.17, 15) is 5.11 Å². The van der Waals surface area contributed by atoms with Crippen LogP contribution in [0.4, 0.5) is 0 Å². The lowest BCUT2D eigenvalue weighted by molar-refractivity contribution is -0.151. The minimum absolute atomic E-state index is 0.0333. The summed E-state index contributed by atoms with van der Waals surface area (Å²) in [5.41, 5.74) is 1.08. The van der Waals surface area contributed by atoms with Crippen LogP contribution >= 0.6 is 0 Å². The summed E-state index contributed by atoms with van der Waals surface area (Å²) in [5, 5.41) is 14.8. The summed E-state index contributed by atoms with van der Waals surface area (Å²) in [7, 11) is 1.95. The molecular weight excluding hydrogens is 438 g/mol. The highest BCUT2D eigenvalue weighted by molar-refractivity contribution is 5.15. The van der Waals surface area contributed by atoms with Crippen molar-refractivity contribution < 1.29 is 19.3 Å². The Kier molecular flexibility index (Phi) is 10.3. The molecule has 1 aliphatic rings. The molecule has 35 heavy (non-hydrogen) atoms. The lowest BCUT2D eigenvalue weighted by Gasteiger charge is -2.41. The van der Waals surface area contributed by atoms with Gasteiger partial charge in [-0.05, 0) is 36.9 Å². The van der Waals surface area contributed by atoms with Gasteiger partial charge >= 0.3 is 0 Å². The predicted octanol–water partition coefficient (Wildman–Crippen LogP) is 5.50. The first-order valence-electron chi connectivity index (χ1n) is 13.1. The molecule has 1 fully saturated rings. The Hall–Kier alpha value is -1.76. The van der Waals surface area contributed by atoms with Gasteiger partial charge in [-0.1, -0.05) is 94.3 Å². The van der Waals surface area contributed by atoms with Crippen LogP contribution in [0.3, 0.4) is 0 Å². The van der Waals surface area contributed by atoms with Crippen molar-refractivity contribution in [2.45, 2.75) is 96.5 Å². The molecule has 0 heterocycles. The van der Waals surface area contributed by atoms with E-state index < -0.39 is 5.60 Å². The maximum absolute atomic E-state index is 11.4. The van der Waals surface area contributed by atoms with Gasteiger partial charge in [-0.2, -0.15) is 0 Å². The van der Waals surface area contributed by atoms with Gasteiger partial charge in [-0.25, -0.2) is 0 Å². The second-order valence-electron chi connectivity index (χ2n) is 10.8. The molecule has 1 aliphatic carbocycles. The van der Waals surface area contributed by atoms with E-state index in [0.29, 0.717) is 13.2 Å². The van der Waals surface area contributed by atoms with Gasteiger partial charge in [0, 0.05) is 6.42 Å². The molecule has 5 heteroatoms. The summed E-state index contributed by atoms with van der Waals surface area (Å²) in [5.74, 6) is 0. The number of hydrogen-bond acceptors (Lipinski definition) is 5. The van der Waals surface area contributed by atoms with Crippen molar-refractivity contribution in [3.05, 3.63) is 71.8 Å². The first-order chi connectivity index (χ1) is 16.8. The molecule has 0 radical (unpaired) electrons. The van der Waals surface area contributed by atoms with Crippen LogP contribution in [-0.2, 0) is 27.4 Å². The normalized spacial score (nSPS) is 24.4. The molecule has 5 atom stereocenters. The van der Waals surface area contributed by atoms with Crippen LogP contribution in [0.15, 0.2) is 60.7 Å². The third kappa shape index (κ3) is 7.61. The van der Waals surface area contributed by atoms with E-state index in [2.05, 4.69) is 50.4 Å². The van der Waals surface area contributed by atoms with Gasteiger partial charge < -0.3 is 24.6 Å². The number of rotatable bonds is 14. The highest BCUT2D eigenvalue weighted by Crippen LogP contribution is 2.38. The van der Waals surface area contributed by atoms with Crippen molar-refractivity contribution in [3.63, 3.8) is 0 Å². The van der Waals surface area contributed by atoms with E-state index in [0.717, 1.165) is 36.8 Å². The van der Waals surface area contributed by atoms with Crippen LogP contribution in [0, 0.1) is 5.41 Å². The summed E-state index contributed by atoms with van der Waals surface area (Å²) in [4.78, 5) is 0. The molecule has 0 aliphatic heterocycles. The minimum Gasteiger partial charge on any atom is -0.387 e. The molecule has 3 rings (SSSR count). The van der Waals surface area contributed by atoms with Crippen molar-refractivity contribution in [2.24, 2.45) is 5.41 Å². The third-order valence-corrected chi connectivity index (χ3v) is 7.70. The summed E-state index contributed by atoms with van der Waals surface area (Å²) in [6, 6.07) is 20.4. The Morgan fingerprint density at radius 3 is 1.91 bits per heavy atom. The number of benzene rings is 2. The molecule has 2 aromatic carbocycles. The lowest BCUT2D eigenvalue weighted by Crippen LogP contribution is -2.51. The molecule has 2 N–H and O–H groups in total. The maximum atomic E-state index is 11.4. The van der Waals surface area contributed by atoms with Gasteiger partial charge in [-0.15, -0.1) is 0 Å². The minimum atomic E-state index is -0.951. The van der Waals surface area contributed by atoms with Gasteiger partial charge in [-0.3, -0.25) is 0 Å². The first kappa shape index (κ1) is 27.8. The lowest BCUT2D eigenvalue weighted by atomic mass is 9.73. The Morgan fingerprint density at radius 1 is 0.857 bits per heavy atom. The molecule has 1 saturated carbocycles. The molecule has 0 aromatic heterocycles. The summed E-state index contributed by atoms with van der Waals surface area (Å²) >= 11 is 0. The fourth-order valence-corrected chi connectivity index (χ4v) is 4.75. The summed E-state index contributed by atoms with van der Waals surface area (Å²) in [6.07, 6.45) is 3.48. The van der Waals surface area contributed by atoms with E-state index in [-0.39, 0.29) is 36.4 Å². The molecule has 0 spiro atoms. The van der Waals surface area contributed by atoms with E-state index in [1.165, 1.54) is 0 Å². The zero-order chi connectivity index (χ0) is 25.3. The van der Waals surface area contributed by atoms with E-state index in [1.54, 1.807) is 0 Å². The maximum Gasteiger partial charge on any atom is 0.102 e. The van der Waals surface area contributed by atoms with Gasteiger partial charge in [0.25, 0.3) is 0 Å². The number of nitrogens with one attached hydrogen (secondary N) is 1. The van der Waals surface area contributed by atoms with Crippen molar-refractivity contribution in [1.29, 1.82) is 0 Å². The highest BCUT2D eigenvalue weighted by Gasteiger charge is 2.47. The van der Waals surface area contributed by atoms with E-state index >= 15 is 0 Å². The monoisotopic (exact) mass is 483 g/mol. The highest BCUT2D eigenvalue weighted by atomic mass is 16.6. The largest absolute Gasteiger partial charge is 0.387 e. The first-order valence-corrected chi connectivity index (χ1v) is 13.1. The SMILES string of the molecule is CCCCC(C)(C)C(C)(O)CO[C@@H]1[C@@H](NC)[C@H](OCc2ccccc2)C[C@@H]1OCc1ccccc1. The van der Waals surface area contributed by atoms with Crippen molar-refractivity contribution in [1.82, 2.24) is 5.32 Å². The summed E-state index contributed by atoms with van der Waals surface area (Å²) < 4.78 is 19.3. The van der Waals surface area contributed by atoms with Gasteiger partial charge in [0.05, 0.1) is 43.7 Å². The van der Waals surface area contributed by atoms with Gasteiger partial charge in [0.1, 0.15) is 6.10 Å². The number of unbranched alkanes of at least 4 members (excludes halogenated alkanes) is 1. The quantitative estimate of drug-likeness (QED) is 0.371. The summed E-state index contributed by atoms with van der Waals surface area (Å²) in [6.45, 7) is 9.66. The van der Waals surface area contributed by atoms with Crippen LogP contribution in [0.2, 0.25) is 0 Å².